The maximum atomic E-state index is 12.3. The molecule has 0 aromatic heterocycles. The van der Waals surface area contributed by atoms with Gasteiger partial charge in [0.2, 0.25) is 0 Å². The number of hydrogen-bond donors (Lipinski definition) is 1. The Bertz CT molecular complexity index is 645. The predicted octanol–water partition coefficient (Wildman–Crippen LogP) is 5.43. The molecule has 0 spiro atoms. The number of ether oxygens (including phenoxy) is 1. The maximum absolute atomic E-state index is 12.3. The Morgan fingerprint density at radius 1 is 0.920 bits per heavy atom. The minimum atomic E-state index is -4.25. The van der Waals surface area contributed by atoms with Gasteiger partial charge in [0.1, 0.15) is 10.6 Å². The molecule has 1 aromatic carbocycles. The van der Waals surface area contributed by atoms with Crippen LogP contribution < -0.4 is 4.74 Å². The van der Waals surface area contributed by atoms with Crippen LogP contribution in [0, 0.1) is 0 Å². The van der Waals surface area contributed by atoms with Gasteiger partial charge in [0.25, 0.3) is 10.1 Å². The molecule has 0 heterocycles. The molecule has 4 nitrogen and oxygen atoms in total. The molecule has 0 amide bonds. The molecule has 3 rings (SSSR count). The molecular weight excluding hydrogens is 336 g/mol. The first-order valence-corrected chi connectivity index (χ1v) is 11.2. The first kappa shape index (κ1) is 18.7. The van der Waals surface area contributed by atoms with Gasteiger partial charge in [-0.3, -0.25) is 4.55 Å². The molecule has 0 atom stereocenters. The summed E-state index contributed by atoms with van der Waals surface area (Å²) in [6.07, 6.45) is 10.8. The Kier molecular flexibility index (Phi) is 6.05. The summed E-state index contributed by atoms with van der Waals surface area (Å²) in [7, 11) is -4.25. The highest BCUT2D eigenvalue weighted by molar-refractivity contribution is 7.86. The molecule has 25 heavy (non-hydrogen) atoms. The standard InChI is InChI=1S/C20H30O4S/c1-2-24-17-13-18(15-9-5-3-6-10-15)20(25(21,22)23)19(14-17)16-11-7-4-8-12-16/h13-16H,2-12H2,1H3,(H,21,22,23). The second-order valence-electron chi connectivity index (χ2n) is 7.51. The third-order valence-electron chi connectivity index (χ3n) is 5.78. The van der Waals surface area contributed by atoms with E-state index in [-0.39, 0.29) is 16.7 Å². The summed E-state index contributed by atoms with van der Waals surface area (Å²) in [4.78, 5) is 0.190. The van der Waals surface area contributed by atoms with E-state index in [0.717, 1.165) is 68.2 Å². The molecule has 0 radical (unpaired) electrons. The van der Waals surface area contributed by atoms with Crippen molar-refractivity contribution >= 4 is 10.1 Å². The molecule has 1 N–H and O–H groups in total. The molecule has 0 aliphatic heterocycles. The lowest BCUT2D eigenvalue weighted by molar-refractivity contribution is 0.336. The zero-order valence-corrected chi connectivity index (χ0v) is 16.0. The van der Waals surface area contributed by atoms with Gasteiger partial charge >= 0.3 is 0 Å². The highest BCUT2D eigenvalue weighted by Crippen LogP contribution is 2.44. The average molecular weight is 367 g/mol. The maximum Gasteiger partial charge on any atom is 0.295 e. The molecule has 2 aliphatic carbocycles. The van der Waals surface area contributed by atoms with E-state index in [0.29, 0.717) is 6.61 Å². The van der Waals surface area contributed by atoms with Crippen LogP contribution in [0.5, 0.6) is 5.75 Å². The smallest absolute Gasteiger partial charge is 0.295 e. The highest BCUT2D eigenvalue weighted by Gasteiger charge is 2.31. The SMILES string of the molecule is CCOc1cc(C2CCCCC2)c(S(=O)(=O)O)c(C2CCCCC2)c1. The van der Waals surface area contributed by atoms with Crippen LogP contribution in [0.2, 0.25) is 0 Å². The lowest BCUT2D eigenvalue weighted by Gasteiger charge is -2.29. The quantitative estimate of drug-likeness (QED) is 0.706. The van der Waals surface area contributed by atoms with Crippen molar-refractivity contribution in [3.63, 3.8) is 0 Å². The molecule has 0 unspecified atom stereocenters. The zero-order valence-electron chi connectivity index (χ0n) is 15.2. The van der Waals surface area contributed by atoms with Crippen molar-refractivity contribution in [3.05, 3.63) is 23.3 Å². The van der Waals surface area contributed by atoms with Crippen LogP contribution in [0.15, 0.2) is 17.0 Å². The molecular formula is C20H30O4S. The van der Waals surface area contributed by atoms with Gasteiger partial charge in [-0.05, 0) is 67.7 Å². The van der Waals surface area contributed by atoms with Gasteiger partial charge < -0.3 is 4.74 Å². The van der Waals surface area contributed by atoms with Crippen molar-refractivity contribution in [3.8, 4) is 5.75 Å². The molecule has 0 bridgehead atoms. The first-order valence-electron chi connectivity index (χ1n) is 9.78. The van der Waals surface area contributed by atoms with Crippen molar-refractivity contribution in [1.82, 2.24) is 0 Å². The number of benzene rings is 1. The summed E-state index contributed by atoms with van der Waals surface area (Å²) < 4.78 is 40.5. The van der Waals surface area contributed by atoms with Crippen LogP contribution in [-0.4, -0.2) is 19.6 Å². The Morgan fingerprint density at radius 2 is 1.36 bits per heavy atom. The van der Waals surface area contributed by atoms with Crippen molar-refractivity contribution in [2.75, 3.05) is 6.61 Å². The van der Waals surface area contributed by atoms with Gasteiger partial charge in [0, 0.05) is 0 Å². The van der Waals surface area contributed by atoms with E-state index in [2.05, 4.69) is 0 Å². The molecule has 2 aliphatic rings. The van der Waals surface area contributed by atoms with E-state index in [4.69, 9.17) is 4.74 Å². The lowest BCUT2D eigenvalue weighted by atomic mass is 9.79. The number of rotatable bonds is 5. The average Bonchev–Trinajstić information content (AvgIpc) is 2.62. The van der Waals surface area contributed by atoms with Crippen LogP contribution in [0.3, 0.4) is 0 Å². The van der Waals surface area contributed by atoms with E-state index in [1.165, 1.54) is 12.8 Å². The summed E-state index contributed by atoms with van der Waals surface area (Å²) in [5.74, 6) is 1.15. The summed E-state index contributed by atoms with van der Waals surface area (Å²) in [6, 6.07) is 3.74. The van der Waals surface area contributed by atoms with Crippen molar-refractivity contribution in [2.24, 2.45) is 0 Å². The Labute approximate surface area is 151 Å². The van der Waals surface area contributed by atoms with Gasteiger partial charge in [-0.25, -0.2) is 0 Å². The highest BCUT2D eigenvalue weighted by atomic mass is 32.2. The van der Waals surface area contributed by atoms with Gasteiger partial charge in [0.15, 0.2) is 0 Å². The minimum Gasteiger partial charge on any atom is -0.494 e. The van der Waals surface area contributed by atoms with E-state index < -0.39 is 10.1 Å². The van der Waals surface area contributed by atoms with E-state index >= 15 is 0 Å². The molecule has 140 valence electrons. The minimum absolute atomic E-state index is 0.190. The van der Waals surface area contributed by atoms with Gasteiger partial charge in [0.05, 0.1) is 6.61 Å². The van der Waals surface area contributed by atoms with Crippen LogP contribution in [-0.2, 0) is 10.1 Å². The molecule has 0 saturated heterocycles. The summed E-state index contributed by atoms with van der Waals surface area (Å²) in [5.41, 5.74) is 1.57. The van der Waals surface area contributed by atoms with Crippen LogP contribution in [0.1, 0.15) is 94.1 Å². The van der Waals surface area contributed by atoms with Crippen molar-refractivity contribution < 1.29 is 17.7 Å². The third kappa shape index (κ3) is 4.37. The van der Waals surface area contributed by atoms with Gasteiger partial charge in [-0.15, -0.1) is 0 Å². The van der Waals surface area contributed by atoms with Crippen LogP contribution in [0.25, 0.3) is 0 Å². The fourth-order valence-electron chi connectivity index (χ4n) is 4.63. The Hall–Kier alpha value is -1.07. The van der Waals surface area contributed by atoms with E-state index in [1.807, 2.05) is 19.1 Å². The van der Waals surface area contributed by atoms with Crippen LogP contribution in [0.4, 0.5) is 0 Å². The predicted molar refractivity (Wildman–Crippen MR) is 99.1 cm³/mol. The second-order valence-corrected chi connectivity index (χ2v) is 8.87. The van der Waals surface area contributed by atoms with Crippen molar-refractivity contribution in [2.45, 2.75) is 87.9 Å². The molecule has 2 fully saturated rings. The zero-order chi connectivity index (χ0) is 17.9. The van der Waals surface area contributed by atoms with E-state index in [1.54, 1.807) is 0 Å². The van der Waals surface area contributed by atoms with Crippen molar-refractivity contribution in [1.29, 1.82) is 0 Å². The van der Waals surface area contributed by atoms with Gasteiger partial charge in [-0.2, -0.15) is 8.42 Å². The molecule has 1 aromatic rings. The summed E-state index contributed by atoms with van der Waals surface area (Å²) in [6.45, 7) is 2.50. The van der Waals surface area contributed by atoms with Gasteiger partial charge in [-0.1, -0.05) is 38.5 Å². The Morgan fingerprint density at radius 3 is 1.72 bits per heavy atom. The molecule has 5 heteroatoms. The lowest BCUT2D eigenvalue weighted by Crippen LogP contribution is -2.17. The monoisotopic (exact) mass is 366 g/mol. The largest absolute Gasteiger partial charge is 0.494 e. The second kappa shape index (κ2) is 8.09. The Balaban J connectivity index is 2.14. The van der Waals surface area contributed by atoms with E-state index in [9.17, 15) is 13.0 Å². The fraction of sp³-hybridized carbons (Fsp3) is 0.700. The third-order valence-corrected chi connectivity index (χ3v) is 6.77. The first-order chi connectivity index (χ1) is 12.0. The van der Waals surface area contributed by atoms with Crippen LogP contribution >= 0.6 is 0 Å². The topological polar surface area (TPSA) is 63.6 Å². The molecule has 2 saturated carbocycles. The normalized spacial score (nSPS) is 20.6. The summed E-state index contributed by atoms with van der Waals surface area (Å²) >= 11 is 0. The fourth-order valence-corrected chi connectivity index (χ4v) is 5.67. The number of hydrogen-bond acceptors (Lipinski definition) is 3. The summed E-state index contributed by atoms with van der Waals surface area (Å²) in [5, 5.41) is 0.